The zero-order chi connectivity index (χ0) is 39.8. The first-order chi connectivity index (χ1) is 26.0. The number of halogens is 1. The molecule has 0 aliphatic rings. The van der Waals surface area contributed by atoms with Crippen molar-refractivity contribution >= 4 is 77.1 Å². The molecule has 0 radical (unpaired) electrons. The number of aromatic hydroxyl groups is 1. The Morgan fingerprint density at radius 1 is 0.800 bits per heavy atom. The second kappa shape index (κ2) is 16.8. The molecule has 0 amide bonds. The molecule has 20 nitrogen and oxygen atoms in total. The largest absolute Gasteiger partial charge is 0.504 e. The van der Waals surface area contributed by atoms with Crippen LogP contribution < -0.4 is 16.1 Å². The maximum atomic E-state index is 14.6. The molecule has 0 aliphatic carbocycles. The lowest BCUT2D eigenvalue weighted by molar-refractivity contribution is 0.112. The quantitative estimate of drug-likeness (QED) is 0.0162. The molecular weight excluding hydrogens is 790 g/mol. The summed E-state index contributed by atoms with van der Waals surface area (Å²) < 4.78 is 108. The lowest BCUT2D eigenvalue weighted by Crippen LogP contribution is -2.15. The summed E-state index contributed by atoms with van der Waals surface area (Å²) in [6, 6.07) is 21.0. The number of aldehydes is 1. The van der Waals surface area contributed by atoms with E-state index in [4.69, 9.17) is 4.55 Å². The molecule has 6 N–H and O–H groups in total. The van der Waals surface area contributed by atoms with Crippen molar-refractivity contribution in [2.75, 3.05) is 28.4 Å². The fraction of sp³-hybridized carbons (Fsp3) is 0.0645. The molecule has 1 heterocycles. The van der Waals surface area contributed by atoms with E-state index in [1.807, 2.05) is 0 Å². The van der Waals surface area contributed by atoms with Gasteiger partial charge in [-0.1, -0.05) is 42.5 Å². The van der Waals surface area contributed by atoms with Gasteiger partial charge in [-0.15, -0.1) is 10.2 Å². The third-order valence-corrected chi connectivity index (χ3v) is 9.91. The molecule has 5 aromatic rings. The van der Waals surface area contributed by atoms with E-state index < -0.39 is 82.7 Å². The van der Waals surface area contributed by atoms with Crippen LogP contribution in [0.4, 0.5) is 39.0 Å². The Kier molecular flexibility index (Phi) is 12.2. The van der Waals surface area contributed by atoms with Crippen LogP contribution in [0.5, 0.6) is 5.75 Å². The van der Waals surface area contributed by atoms with Gasteiger partial charge in [0, 0.05) is 16.8 Å². The number of sulfone groups is 1. The second-order valence-electron chi connectivity index (χ2n) is 10.7. The number of rotatable bonds is 15. The first-order valence-electron chi connectivity index (χ1n) is 15.1. The van der Waals surface area contributed by atoms with Crippen LogP contribution in [-0.4, -0.2) is 78.9 Å². The van der Waals surface area contributed by atoms with Gasteiger partial charge >= 0.3 is 16.5 Å². The van der Waals surface area contributed by atoms with Gasteiger partial charge in [0.25, 0.3) is 10.1 Å². The first kappa shape index (κ1) is 39.9. The van der Waals surface area contributed by atoms with Crippen molar-refractivity contribution in [3.8, 4) is 5.75 Å². The maximum absolute atomic E-state index is 14.6. The third-order valence-electron chi connectivity index (χ3n) is 6.92. The summed E-state index contributed by atoms with van der Waals surface area (Å²) in [5.74, 6) is -2.58. The summed E-state index contributed by atoms with van der Waals surface area (Å²) >= 11 is 0. The molecule has 0 fully saturated rings. The normalized spacial score (nSPS) is 12.4. The number of aromatic nitrogens is 3. The third kappa shape index (κ3) is 11.1. The van der Waals surface area contributed by atoms with Gasteiger partial charge in [-0.3, -0.25) is 19.3 Å². The van der Waals surface area contributed by atoms with Gasteiger partial charge in [0.1, 0.15) is 5.69 Å². The molecule has 0 bridgehead atoms. The highest BCUT2D eigenvalue weighted by Crippen LogP contribution is 2.37. The van der Waals surface area contributed by atoms with Crippen LogP contribution in [0.2, 0.25) is 0 Å². The number of nitrogens with zero attached hydrogens (tertiary/aromatic N) is 6. The van der Waals surface area contributed by atoms with Gasteiger partial charge in [-0.2, -0.15) is 41.3 Å². The highest BCUT2D eigenvalue weighted by Gasteiger charge is 2.20. The van der Waals surface area contributed by atoms with Gasteiger partial charge in [-0.05, 0) is 48.5 Å². The Bertz CT molecular complexity index is 2620. The predicted octanol–water partition coefficient (Wildman–Crippen LogP) is 4.41. The lowest BCUT2D eigenvalue weighted by atomic mass is 10.2. The molecule has 0 saturated carbocycles. The highest BCUT2D eigenvalue weighted by molar-refractivity contribution is 7.91. The minimum Gasteiger partial charge on any atom is -0.504 e. The molecule has 4 aromatic carbocycles. The van der Waals surface area contributed by atoms with Crippen molar-refractivity contribution in [3.63, 3.8) is 0 Å². The molecule has 0 aliphatic heterocycles. The number of hydrogen-bond acceptors (Lipinski definition) is 17. The number of phenolic OH excluding ortho intramolecular Hbond substituents is 1. The van der Waals surface area contributed by atoms with Gasteiger partial charge in [-0.25, -0.2) is 12.6 Å². The molecule has 286 valence electrons. The zero-order valence-electron chi connectivity index (χ0n) is 27.5. The predicted molar refractivity (Wildman–Crippen MR) is 193 cm³/mol. The number of carbonyl (C=O) groups excluding carboxylic acids is 1. The van der Waals surface area contributed by atoms with E-state index in [1.54, 1.807) is 42.5 Å². The Hall–Kier alpha value is -6.31. The summed E-state index contributed by atoms with van der Waals surface area (Å²) in [4.78, 5) is 21.4. The minimum absolute atomic E-state index is 0.0838. The number of nitrogens with one attached hydrogen (secondary N) is 3. The molecule has 55 heavy (non-hydrogen) atoms. The van der Waals surface area contributed by atoms with E-state index in [0.717, 1.165) is 24.3 Å². The number of anilines is 5. The summed E-state index contributed by atoms with van der Waals surface area (Å²) in [5, 5.41) is 28.5. The van der Waals surface area contributed by atoms with Crippen molar-refractivity contribution in [1.82, 2.24) is 15.0 Å². The van der Waals surface area contributed by atoms with E-state index in [2.05, 4.69) is 50.5 Å². The molecule has 24 heteroatoms. The second-order valence-corrected chi connectivity index (χ2v) is 15.3. The van der Waals surface area contributed by atoms with Crippen molar-refractivity contribution in [2.24, 2.45) is 15.3 Å². The van der Waals surface area contributed by atoms with Crippen molar-refractivity contribution in [1.29, 1.82) is 0 Å². The SMILES string of the molecule is O=Cc1ccccc1N=NC(=NNc1cc(S(=O)(=O)O)cc(Nc2nc(F)nc(Nc3ccc(S(=O)(=O)CCOS(=O)(=O)O)cc3)n2)c1O)c1ccccc1. The van der Waals surface area contributed by atoms with Crippen LogP contribution in [0.3, 0.4) is 0 Å². The summed E-state index contributed by atoms with van der Waals surface area (Å²) in [5.41, 5.74) is 2.63. The molecule has 5 rings (SSSR count). The molecule has 0 unspecified atom stereocenters. The number of phenols is 1. The topological polar surface area (TPSA) is 301 Å². The number of amidine groups is 1. The fourth-order valence-corrected chi connectivity index (χ4v) is 6.41. The first-order valence-corrected chi connectivity index (χ1v) is 19.6. The van der Waals surface area contributed by atoms with Crippen LogP contribution in [0.15, 0.2) is 116 Å². The number of benzene rings is 4. The van der Waals surface area contributed by atoms with Crippen molar-refractivity contribution in [3.05, 3.63) is 108 Å². The number of hydrazone groups is 1. The van der Waals surface area contributed by atoms with Crippen LogP contribution >= 0.6 is 0 Å². The molecule has 0 atom stereocenters. The van der Waals surface area contributed by atoms with E-state index in [0.29, 0.717) is 11.8 Å². The van der Waals surface area contributed by atoms with Gasteiger partial charge in [0.05, 0.1) is 33.5 Å². The van der Waals surface area contributed by atoms with Crippen LogP contribution in [-0.2, 0) is 34.5 Å². The van der Waals surface area contributed by atoms with Gasteiger partial charge in [0.2, 0.25) is 17.7 Å². The number of carbonyl (C=O) groups is 1. The summed E-state index contributed by atoms with van der Waals surface area (Å²) in [6.07, 6.45) is -0.760. The molecule has 0 saturated heterocycles. The number of hydrogen-bond donors (Lipinski definition) is 6. The Morgan fingerprint density at radius 2 is 1.44 bits per heavy atom. The molecular formula is C31H26FN9O11S3. The summed E-state index contributed by atoms with van der Waals surface area (Å²) in [7, 11) is -13.8. The van der Waals surface area contributed by atoms with Gasteiger partial charge < -0.3 is 15.7 Å². The van der Waals surface area contributed by atoms with Crippen LogP contribution in [0.1, 0.15) is 15.9 Å². The summed E-state index contributed by atoms with van der Waals surface area (Å²) in [6.45, 7) is -0.839. The van der Waals surface area contributed by atoms with Crippen molar-refractivity contribution in [2.45, 2.75) is 9.79 Å². The zero-order valence-corrected chi connectivity index (χ0v) is 30.0. The van der Waals surface area contributed by atoms with E-state index in [-0.39, 0.29) is 27.7 Å². The Balaban J connectivity index is 1.42. The van der Waals surface area contributed by atoms with Gasteiger partial charge in [0.15, 0.2) is 21.9 Å². The lowest BCUT2D eigenvalue weighted by Gasteiger charge is -2.13. The van der Waals surface area contributed by atoms with Crippen LogP contribution in [0.25, 0.3) is 0 Å². The minimum atomic E-state index is -4.93. The maximum Gasteiger partial charge on any atom is 0.397 e. The smallest absolute Gasteiger partial charge is 0.397 e. The standard InChI is InChI=1S/C31H26FN9O11S3/c32-29-35-30(33-21-10-12-22(13-11-21)53(44,45)15-14-52-55(49,50)51)37-31(36-29)34-25-16-23(54(46,47)48)17-26(27(25)43)39-41-28(19-6-2-1-3-7-19)40-38-24-9-5-4-8-20(24)18-42/h1-13,16-18,39,43H,14-15H2,(H,46,47,48)(H,49,50,51)(H2,33,34,35,36,37). The van der Waals surface area contributed by atoms with E-state index in [9.17, 15) is 44.1 Å². The van der Waals surface area contributed by atoms with Crippen molar-refractivity contribution < 1.29 is 52.8 Å². The van der Waals surface area contributed by atoms with Crippen LogP contribution in [0, 0.1) is 6.08 Å². The van der Waals surface area contributed by atoms with E-state index in [1.165, 1.54) is 24.3 Å². The monoisotopic (exact) mass is 815 g/mol. The highest BCUT2D eigenvalue weighted by atomic mass is 32.3. The fourth-order valence-electron chi connectivity index (χ4n) is 4.39. The van der Waals surface area contributed by atoms with E-state index >= 15 is 0 Å². The molecule has 1 aromatic heterocycles. The average Bonchev–Trinajstić information content (AvgIpc) is 3.12. The Labute approximate surface area is 311 Å². The Morgan fingerprint density at radius 3 is 2.09 bits per heavy atom. The average molecular weight is 816 g/mol. The number of azo groups is 1. The molecule has 0 spiro atoms.